The molecule has 0 fully saturated rings. The molecule has 0 atom stereocenters. The van der Waals surface area contributed by atoms with Crippen molar-refractivity contribution in [3.63, 3.8) is 0 Å². The molecular weight excluding hydrogens is 164 g/mol. The Labute approximate surface area is 67.2 Å². The molecule has 0 saturated carbocycles. The summed E-state index contributed by atoms with van der Waals surface area (Å²) in [4.78, 5) is 21.2. The van der Waals surface area contributed by atoms with Crippen LogP contribution < -0.4 is 0 Å². The summed E-state index contributed by atoms with van der Waals surface area (Å²) in [6, 6.07) is 0. The number of carboxylic acids is 1. The normalized spacial score (nSPS) is 17.7. The quantitative estimate of drug-likeness (QED) is 0.492. The van der Waals surface area contributed by atoms with Crippen LogP contribution in [0.2, 0.25) is 0 Å². The lowest BCUT2D eigenvalue weighted by Gasteiger charge is -2.08. The molecule has 1 rings (SSSR count). The number of ketones is 1. The largest absolute Gasteiger partial charge is 0.504 e. The third kappa shape index (κ3) is 1.16. The molecule has 0 radical (unpaired) electrons. The smallest absolute Gasteiger partial charge is 0.343 e. The molecule has 5 nitrogen and oxygen atoms in total. The molecule has 3 N–H and O–H groups in total. The number of hydrogen-bond donors (Lipinski definition) is 3. The summed E-state index contributed by atoms with van der Waals surface area (Å²) in [6.45, 7) is 0. The number of rotatable bonds is 1. The molecule has 0 aliphatic heterocycles. The molecule has 0 bridgehead atoms. The van der Waals surface area contributed by atoms with E-state index in [4.69, 9.17) is 15.3 Å². The van der Waals surface area contributed by atoms with Crippen molar-refractivity contribution in [2.75, 3.05) is 0 Å². The third-order valence-corrected chi connectivity index (χ3v) is 1.45. The maximum Gasteiger partial charge on any atom is 0.343 e. The fraction of sp³-hybridized carbons (Fsp3) is 0.143. The van der Waals surface area contributed by atoms with Crippen molar-refractivity contribution in [2.24, 2.45) is 0 Å². The van der Waals surface area contributed by atoms with Gasteiger partial charge in [0.05, 0.1) is 0 Å². The van der Waals surface area contributed by atoms with Crippen LogP contribution in [0, 0.1) is 0 Å². The SMILES string of the molecule is O=C(O)C1=C(O)C(O)=CCC1=O. The second-order valence-corrected chi connectivity index (χ2v) is 2.25. The van der Waals surface area contributed by atoms with Crippen molar-refractivity contribution in [1.29, 1.82) is 0 Å². The Hall–Kier alpha value is -1.78. The first-order valence-electron chi connectivity index (χ1n) is 3.13. The lowest BCUT2D eigenvalue weighted by molar-refractivity contribution is -0.134. The fourth-order valence-electron chi connectivity index (χ4n) is 0.869. The van der Waals surface area contributed by atoms with Gasteiger partial charge >= 0.3 is 5.97 Å². The van der Waals surface area contributed by atoms with Gasteiger partial charge in [0, 0.05) is 6.42 Å². The van der Waals surface area contributed by atoms with Gasteiger partial charge in [-0.1, -0.05) is 0 Å². The lowest BCUT2D eigenvalue weighted by Crippen LogP contribution is -2.18. The highest BCUT2D eigenvalue weighted by molar-refractivity contribution is 6.18. The first-order chi connectivity index (χ1) is 5.54. The van der Waals surface area contributed by atoms with E-state index in [0.29, 0.717) is 0 Å². The number of aliphatic hydroxyl groups is 2. The van der Waals surface area contributed by atoms with Gasteiger partial charge in [-0.2, -0.15) is 0 Å². The van der Waals surface area contributed by atoms with E-state index in [9.17, 15) is 9.59 Å². The van der Waals surface area contributed by atoms with Crippen molar-refractivity contribution < 1.29 is 24.9 Å². The monoisotopic (exact) mass is 170 g/mol. The van der Waals surface area contributed by atoms with Gasteiger partial charge in [-0.25, -0.2) is 4.79 Å². The number of aliphatic carboxylic acids is 1. The number of carbonyl (C=O) groups is 2. The first-order valence-corrected chi connectivity index (χ1v) is 3.13. The molecule has 0 spiro atoms. The first kappa shape index (κ1) is 8.32. The van der Waals surface area contributed by atoms with Gasteiger partial charge in [0.1, 0.15) is 5.57 Å². The molecule has 0 aromatic heterocycles. The molecule has 0 saturated heterocycles. The van der Waals surface area contributed by atoms with Gasteiger partial charge in [0.25, 0.3) is 0 Å². The van der Waals surface area contributed by atoms with Gasteiger partial charge in [-0.3, -0.25) is 4.79 Å². The van der Waals surface area contributed by atoms with Gasteiger partial charge < -0.3 is 15.3 Å². The molecule has 0 heterocycles. The molecular formula is C7H6O5. The minimum atomic E-state index is -1.53. The van der Waals surface area contributed by atoms with Crippen molar-refractivity contribution in [3.05, 3.63) is 23.2 Å². The van der Waals surface area contributed by atoms with Crippen LogP contribution in [0.25, 0.3) is 0 Å². The van der Waals surface area contributed by atoms with Crippen molar-refractivity contribution >= 4 is 11.8 Å². The van der Waals surface area contributed by atoms with Gasteiger partial charge in [-0.15, -0.1) is 0 Å². The van der Waals surface area contributed by atoms with E-state index in [1.807, 2.05) is 0 Å². The van der Waals surface area contributed by atoms with Crippen molar-refractivity contribution in [3.8, 4) is 0 Å². The second kappa shape index (κ2) is 2.69. The Morgan fingerprint density at radius 1 is 1.42 bits per heavy atom. The Kier molecular flexibility index (Phi) is 1.86. The number of carboxylic acid groups (broad SMARTS) is 1. The Bertz CT molecular complexity index is 310. The zero-order valence-corrected chi connectivity index (χ0v) is 5.94. The summed E-state index contributed by atoms with van der Waals surface area (Å²) in [6.07, 6.45) is 0.863. The van der Waals surface area contributed by atoms with Gasteiger partial charge in [-0.05, 0) is 6.08 Å². The van der Waals surface area contributed by atoms with Crippen LogP contribution in [0.15, 0.2) is 23.2 Å². The van der Waals surface area contributed by atoms with Gasteiger partial charge in [0.15, 0.2) is 17.3 Å². The molecule has 0 aromatic carbocycles. The minimum absolute atomic E-state index is 0.197. The van der Waals surface area contributed by atoms with Crippen molar-refractivity contribution in [1.82, 2.24) is 0 Å². The van der Waals surface area contributed by atoms with E-state index in [-0.39, 0.29) is 6.42 Å². The Morgan fingerprint density at radius 3 is 2.42 bits per heavy atom. The van der Waals surface area contributed by atoms with E-state index >= 15 is 0 Å². The number of carbonyl (C=O) groups excluding carboxylic acids is 1. The summed E-state index contributed by atoms with van der Waals surface area (Å²) in [7, 11) is 0. The van der Waals surface area contributed by atoms with Crippen LogP contribution in [0.1, 0.15) is 6.42 Å². The van der Waals surface area contributed by atoms with E-state index in [2.05, 4.69) is 0 Å². The predicted molar refractivity (Wildman–Crippen MR) is 37.6 cm³/mol. The number of Topliss-reactive ketones (excluding diaryl/α,β-unsaturated/α-hetero) is 1. The maximum absolute atomic E-state index is 10.8. The molecule has 64 valence electrons. The highest BCUT2D eigenvalue weighted by Crippen LogP contribution is 2.18. The average Bonchev–Trinajstić information content (AvgIpc) is 1.97. The summed E-state index contributed by atoms with van der Waals surface area (Å²) < 4.78 is 0. The van der Waals surface area contributed by atoms with Crippen LogP contribution in [0.4, 0.5) is 0 Å². The maximum atomic E-state index is 10.8. The number of aliphatic hydroxyl groups excluding tert-OH is 2. The highest BCUT2D eigenvalue weighted by atomic mass is 16.4. The van der Waals surface area contributed by atoms with E-state index in [0.717, 1.165) is 6.08 Å². The van der Waals surface area contributed by atoms with Crippen LogP contribution >= 0.6 is 0 Å². The van der Waals surface area contributed by atoms with Gasteiger partial charge in [0.2, 0.25) is 0 Å². The predicted octanol–water partition coefficient (Wildman–Crippen LogP) is 0.298. The standard InChI is InChI=1S/C7H6O5/c8-3-1-2-4(9)6(10)5(3)7(11)12/h2,9-10H,1H2,(H,11,12). The number of hydrogen-bond acceptors (Lipinski definition) is 4. The zero-order chi connectivity index (χ0) is 9.30. The number of allylic oxidation sites excluding steroid dienone is 1. The summed E-state index contributed by atoms with van der Waals surface area (Å²) >= 11 is 0. The Balaban J connectivity index is 3.20. The Morgan fingerprint density at radius 2 is 2.00 bits per heavy atom. The van der Waals surface area contributed by atoms with Crippen LogP contribution in [-0.4, -0.2) is 27.1 Å². The highest BCUT2D eigenvalue weighted by Gasteiger charge is 2.27. The van der Waals surface area contributed by atoms with E-state index < -0.39 is 28.8 Å². The molecule has 0 amide bonds. The van der Waals surface area contributed by atoms with E-state index in [1.54, 1.807) is 0 Å². The molecule has 1 aliphatic carbocycles. The fourth-order valence-corrected chi connectivity index (χ4v) is 0.869. The zero-order valence-electron chi connectivity index (χ0n) is 5.94. The summed E-state index contributed by atoms with van der Waals surface area (Å²) in [5, 5.41) is 26.2. The van der Waals surface area contributed by atoms with Crippen LogP contribution in [0.3, 0.4) is 0 Å². The van der Waals surface area contributed by atoms with Crippen LogP contribution in [-0.2, 0) is 9.59 Å². The molecule has 12 heavy (non-hydrogen) atoms. The van der Waals surface area contributed by atoms with E-state index in [1.165, 1.54) is 0 Å². The lowest BCUT2D eigenvalue weighted by atomic mass is 10.0. The summed E-state index contributed by atoms with van der Waals surface area (Å²) in [5.74, 6) is -3.67. The molecule has 1 aliphatic rings. The van der Waals surface area contributed by atoms with Crippen LogP contribution in [0.5, 0.6) is 0 Å². The second-order valence-electron chi connectivity index (χ2n) is 2.25. The van der Waals surface area contributed by atoms with Crippen molar-refractivity contribution in [2.45, 2.75) is 6.42 Å². The minimum Gasteiger partial charge on any atom is -0.504 e. The topological polar surface area (TPSA) is 94.8 Å². The molecule has 0 unspecified atom stereocenters. The third-order valence-electron chi connectivity index (χ3n) is 1.45. The molecule has 5 heteroatoms. The molecule has 0 aromatic rings. The summed E-state index contributed by atoms with van der Waals surface area (Å²) in [5.41, 5.74) is -0.755. The average molecular weight is 170 g/mol.